The van der Waals surface area contributed by atoms with Gasteiger partial charge in [-0.25, -0.2) is 14.6 Å². The lowest BCUT2D eigenvalue weighted by Crippen LogP contribution is -2.25. The maximum atomic E-state index is 13.2. The number of nitrogens with zero attached hydrogens (tertiary/aromatic N) is 1. The summed E-state index contributed by atoms with van der Waals surface area (Å²) in [6, 6.07) is 20.1. The van der Waals surface area contributed by atoms with Crippen LogP contribution in [0, 0.1) is 5.82 Å². The second-order valence-electron chi connectivity index (χ2n) is 6.02. The molecule has 2 N–H and O–H groups in total. The predicted octanol–water partition coefficient (Wildman–Crippen LogP) is 3.23. The van der Waals surface area contributed by atoms with E-state index in [1.807, 2.05) is 0 Å². The van der Waals surface area contributed by atoms with E-state index in [0.29, 0.717) is 11.1 Å². The number of rotatable bonds is 6. The van der Waals surface area contributed by atoms with Crippen molar-refractivity contribution in [2.75, 3.05) is 0 Å². The van der Waals surface area contributed by atoms with E-state index in [9.17, 15) is 19.1 Å². The monoisotopic (exact) mass is 392 g/mol. The number of esters is 1. The second-order valence-corrected chi connectivity index (χ2v) is 6.02. The van der Waals surface area contributed by atoms with Gasteiger partial charge in [0.15, 0.2) is 6.10 Å². The van der Waals surface area contributed by atoms with Gasteiger partial charge in [0.05, 0.1) is 11.8 Å². The standard InChI is InChI=1S/C22H17FN2O4/c23-18-10-5-9-17(13-18)22(28)29-19-11-4-6-15(12-19)14-24-25-21(27)20(26)16-7-2-1-3-8-16/h1-14,20,26H,(H,25,27)/b24-14+. The fraction of sp³-hybridized carbons (Fsp3) is 0.0455. The Morgan fingerprint density at radius 1 is 1.00 bits per heavy atom. The van der Waals surface area contributed by atoms with Crippen molar-refractivity contribution >= 4 is 18.1 Å². The summed E-state index contributed by atoms with van der Waals surface area (Å²) in [4.78, 5) is 24.0. The van der Waals surface area contributed by atoms with Crippen LogP contribution in [0.3, 0.4) is 0 Å². The molecule has 1 amide bonds. The lowest BCUT2D eigenvalue weighted by molar-refractivity contribution is -0.129. The maximum absolute atomic E-state index is 13.2. The summed E-state index contributed by atoms with van der Waals surface area (Å²) < 4.78 is 18.4. The number of amides is 1. The number of hydrazone groups is 1. The first-order chi connectivity index (χ1) is 14.0. The second kappa shape index (κ2) is 9.38. The molecule has 3 aromatic carbocycles. The van der Waals surface area contributed by atoms with Crippen LogP contribution in [-0.2, 0) is 4.79 Å². The van der Waals surface area contributed by atoms with E-state index in [1.165, 1.54) is 30.5 Å². The highest BCUT2D eigenvalue weighted by Crippen LogP contribution is 2.15. The number of nitrogens with one attached hydrogen (secondary N) is 1. The first kappa shape index (κ1) is 19.9. The molecule has 29 heavy (non-hydrogen) atoms. The minimum Gasteiger partial charge on any atom is -0.423 e. The number of ether oxygens (including phenoxy) is 1. The summed E-state index contributed by atoms with van der Waals surface area (Å²) in [5.41, 5.74) is 3.34. The number of hydrogen-bond acceptors (Lipinski definition) is 5. The van der Waals surface area contributed by atoms with Crippen LogP contribution in [0.1, 0.15) is 27.6 Å². The average Bonchev–Trinajstić information content (AvgIpc) is 2.74. The minimum absolute atomic E-state index is 0.0891. The number of halogens is 1. The summed E-state index contributed by atoms with van der Waals surface area (Å²) in [5, 5.41) is 13.8. The first-order valence-electron chi connectivity index (χ1n) is 8.66. The van der Waals surface area contributed by atoms with Crippen LogP contribution >= 0.6 is 0 Å². The van der Waals surface area contributed by atoms with Crippen LogP contribution in [0.2, 0.25) is 0 Å². The molecule has 0 radical (unpaired) electrons. The molecule has 0 aliphatic rings. The fourth-order valence-corrected chi connectivity index (χ4v) is 2.46. The molecule has 0 fully saturated rings. The van der Waals surface area contributed by atoms with Gasteiger partial charge in [-0.2, -0.15) is 5.10 Å². The number of hydrogen-bond donors (Lipinski definition) is 2. The van der Waals surface area contributed by atoms with Gasteiger partial charge in [-0.1, -0.05) is 48.5 Å². The van der Waals surface area contributed by atoms with Crippen molar-refractivity contribution in [3.05, 3.63) is 101 Å². The molecule has 0 saturated carbocycles. The van der Waals surface area contributed by atoms with Crippen LogP contribution in [0.15, 0.2) is 84.0 Å². The molecule has 0 spiro atoms. The zero-order chi connectivity index (χ0) is 20.6. The van der Waals surface area contributed by atoms with E-state index >= 15 is 0 Å². The SMILES string of the molecule is O=C(Oc1cccc(/C=N/NC(=O)C(O)c2ccccc2)c1)c1cccc(F)c1. The number of aliphatic hydroxyl groups is 1. The van der Waals surface area contributed by atoms with Crippen molar-refractivity contribution in [3.63, 3.8) is 0 Å². The van der Waals surface area contributed by atoms with Crippen molar-refractivity contribution < 1.29 is 23.8 Å². The summed E-state index contributed by atoms with van der Waals surface area (Å²) >= 11 is 0. The molecule has 1 atom stereocenters. The van der Waals surface area contributed by atoms with E-state index in [-0.39, 0.29) is 11.3 Å². The normalized spacial score (nSPS) is 11.8. The Hall–Kier alpha value is -3.84. The highest BCUT2D eigenvalue weighted by Gasteiger charge is 2.16. The Kier molecular flexibility index (Phi) is 6.44. The van der Waals surface area contributed by atoms with Gasteiger partial charge in [0.2, 0.25) is 0 Å². The number of aliphatic hydroxyl groups excluding tert-OH is 1. The maximum Gasteiger partial charge on any atom is 0.343 e. The van der Waals surface area contributed by atoms with E-state index in [1.54, 1.807) is 48.5 Å². The lowest BCUT2D eigenvalue weighted by Gasteiger charge is -2.08. The van der Waals surface area contributed by atoms with Gasteiger partial charge in [0, 0.05) is 0 Å². The Balaban J connectivity index is 1.60. The van der Waals surface area contributed by atoms with Gasteiger partial charge in [0.25, 0.3) is 5.91 Å². The molecule has 1 unspecified atom stereocenters. The number of carbonyl (C=O) groups is 2. The molecule has 146 valence electrons. The fourth-order valence-electron chi connectivity index (χ4n) is 2.46. The van der Waals surface area contributed by atoms with E-state index in [4.69, 9.17) is 4.74 Å². The van der Waals surface area contributed by atoms with Gasteiger partial charge in [-0.15, -0.1) is 0 Å². The molecule has 3 rings (SSSR count). The molecule has 0 saturated heterocycles. The average molecular weight is 392 g/mol. The summed E-state index contributed by atoms with van der Waals surface area (Å²) in [7, 11) is 0. The quantitative estimate of drug-likeness (QED) is 0.292. The Morgan fingerprint density at radius 2 is 1.76 bits per heavy atom. The summed E-state index contributed by atoms with van der Waals surface area (Å²) in [6.07, 6.45) is 0.00157. The Bertz CT molecular complexity index is 1040. The molecular weight excluding hydrogens is 375 g/mol. The number of carbonyl (C=O) groups excluding carboxylic acids is 2. The zero-order valence-corrected chi connectivity index (χ0v) is 15.2. The Morgan fingerprint density at radius 3 is 2.52 bits per heavy atom. The van der Waals surface area contributed by atoms with Crippen molar-refractivity contribution in [1.29, 1.82) is 0 Å². The van der Waals surface area contributed by atoms with E-state index in [0.717, 1.165) is 6.07 Å². The molecule has 3 aromatic rings. The number of benzene rings is 3. The van der Waals surface area contributed by atoms with E-state index < -0.39 is 23.8 Å². The predicted molar refractivity (Wildman–Crippen MR) is 105 cm³/mol. The largest absolute Gasteiger partial charge is 0.423 e. The summed E-state index contributed by atoms with van der Waals surface area (Å²) in [6.45, 7) is 0. The smallest absolute Gasteiger partial charge is 0.343 e. The zero-order valence-electron chi connectivity index (χ0n) is 15.2. The topological polar surface area (TPSA) is 88.0 Å². The molecular formula is C22H17FN2O4. The van der Waals surface area contributed by atoms with Gasteiger partial charge >= 0.3 is 5.97 Å². The van der Waals surface area contributed by atoms with Gasteiger partial charge in [-0.05, 0) is 41.5 Å². The third-order valence-electron chi connectivity index (χ3n) is 3.88. The van der Waals surface area contributed by atoms with Gasteiger partial charge in [0.1, 0.15) is 11.6 Å². The molecule has 0 aliphatic heterocycles. The molecule has 0 bridgehead atoms. The van der Waals surface area contributed by atoms with Crippen LogP contribution in [0.25, 0.3) is 0 Å². The minimum atomic E-state index is -1.34. The highest BCUT2D eigenvalue weighted by atomic mass is 19.1. The van der Waals surface area contributed by atoms with Crippen molar-refractivity contribution in [2.45, 2.75) is 6.10 Å². The van der Waals surface area contributed by atoms with Crippen LogP contribution in [0.5, 0.6) is 5.75 Å². The molecule has 0 aliphatic carbocycles. The lowest BCUT2D eigenvalue weighted by atomic mass is 10.1. The molecule has 0 aromatic heterocycles. The van der Waals surface area contributed by atoms with E-state index in [2.05, 4.69) is 10.5 Å². The van der Waals surface area contributed by atoms with Crippen LogP contribution < -0.4 is 10.2 Å². The van der Waals surface area contributed by atoms with Crippen molar-refractivity contribution in [3.8, 4) is 5.75 Å². The van der Waals surface area contributed by atoms with Crippen LogP contribution in [0.4, 0.5) is 4.39 Å². The Labute approximate surface area is 166 Å². The van der Waals surface area contributed by atoms with Crippen molar-refractivity contribution in [2.24, 2.45) is 5.10 Å². The van der Waals surface area contributed by atoms with Crippen molar-refractivity contribution in [1.82, 2.24) is 5.43 Å². The van der Waals surface area contributed by atoms with Gasteiger partial charge < -0.3 is 9.84 Å². The third-order valence-corrected chi connectivity index (χ3v) is 3.88. The molecule has 7 heteroatoms. The summed E-state index contributed by atoms with van der Waals surface area (Å²) in [5.74, 6) is -1.67. The third kappa shape index (κ3) is 5.57. The first-order valence-corrected chi connectivity index (χ1v) is 8.66. The molecule has 0 heterocycles. The van der Waals surface area contributed by atoms with Gasteiger partial charge in [-0.3, -0.25) is 4.79 Å². The highest BCUT2D eigenvalue weighted by molar-refractivity contribution is 5.91. The molecule has 6 nitrogen and oxygen atoms in total. The van der Waals surface area contributed by atoms with Crippen LogP contribution in [-0.4, -0.2) is 23.2 Å².